The summed E-state index contributed by atoms with van der Waals surface area (Å²) in [6, 6.07) is 0. The third-order valence-corrected chi connectivity index (χ3v) is 6.63. The Kier molecular flexibility index (Phi) is 28.5. The Balaban J connectivity index is 3.11. The molecule has 0 amide bonds. The molecule has 0 bridgehead atoms. The van der Waals surface area contributed by atoms with Crippen LogP contribution in [-0.4, -0.2) is 64.4 Å². The van der Waals surface area contributed by atoms with Gasteiger partial charge in [-0.3, -0.25) is 9.59 Å². The summed E-state index contributed by atoms with van der Waals surface area (Å²) in [5, 5.41) is 0. The Bertz CT molecular complexity index is 520. The van der Waals surface area contributed by atoms with Gasteiger partial charge in [0.05, 0.1) is 46.2 Å². The highest BCUT2D eigenvalue weighted by atomic mass is 16.6. The molecule has 0 saturated carbocycles. The van der Waals surface area contributed by atoms with E-state index < -0.39 is 0 Å². The molecule has 6 nitrogen and oxygen atoms in total. The first-order valence-electron chi connectivity index (χ1n) is 15.8. The van der Waals surface area contributed by atoms with Crippen molar-refractivity contribution in [2.45, 2.75) is 130 Å². The zero-order valence-electron chi connectivity index (χ0n) is 25.6. The van der Waals surface area contributed by atoms with Gasteiger partial charge in [0.2, 0.25) is 0 Å². The van der Waals surface area contributed by atoms with Crippen LogP contribution in [-0.2, 0) is 28.5 Å². The highest BCUT2D eigenvalue weighted by molar-refractivity contribution is 5.80. The number of ketones is 2. The van der Waals surface area contributed by atoms with E-state index in [9.17, 15) is 9.59 Å². The number of ether oxygens (including phenoxy) is 4. The molecule has 226 valence electrons. The lowest BCUT2D eigenvalue weighted by atomic mass is 10.0. The Morgan fingerprint density at radius 3 is 1.24 bits per heavy atom. The van der Waals surface area contributed by atoms with E-state index in [4.69, 9.17) is 18.9 Å². The molecule has 0 unspecified atom stereocenters. The Labute approximate surface area is 235 Å². The number of unbranched alkanes of at least 4 members (excludes halogenated alkanes) is 12. The Morgan fingerprint density at radius 2 is 0.816 bits per heavy atom. The maximum Gasteiger partial charge on any atom is 0.137 e. The Hall–Kier alpha value is -0.820. The van der Waals surface area contributed by atoms with E-state index in [2.05, 4.69) is 13.8 Å². The van der Waals surface area contributed by atoms with Gasteiger partial charge in [0, 0.05) is 31.8 Å². The molecular weight excluding hydrogens is 480 g/mol. The molecule has 0 saturated heterocycles. The lowest BCUT2D eigenvalue weighted by Gasteiger charge is -2.08. The lowest BCUT2D eigenvalue weighted by molar-refractivity contribution is -0.123. The van der Waals surface area contributed by atoms with Gasteiger partial charge in [0.25, 0.3) is 0 Å². The SMILES string of the molecule is CC(C)CC(=O)CCCCCCCCCCCCCCCOCCOCCOCCOCCC(=O)C(C)C. The minimum Gasteiger partial charge on any atom is -0.379 e. The van der Waals surface area contributed by atoms with Crippen molar-refractivity contribution in [2.24, 2.45) is 11.8 Å². The number of Topliss-reactive ketones (excluding diaryl/α,β-unsaturated/α-hetero) is 2. The normalized spacial score (nSPS) is 11.6. The van der Waals surface area contributed by atoms with Crippen LogP contribution in [0.15, 0.2) is 0 Å². The van der Waals surface area contributed by atoms with Crippen molar-refractivity contribution < 1.29 is 28.5 Å². The molecule has 0 aliphatic rings. The monoisotopic (exact) mass is 542 g/mol. The van der Waals surface area contributed by atoms with Crippen LogP contribution in [0.1, 0.15) is 130 Å². The Morgan fingerprint density at radius 1 is 0.447 bits per heavy atom. The van der Waals surface area contributed by atoms with Gasteiger partial charge in [0.1, 0.15) is 11.6 Å². The molecule has 0 aromatic heterocycles. The summed E-state index contributed by atoms with van der Waals surface area (Å²) in [6.45, 7) is 12.8. The fourth-order valence-corrected chi connectivity index (χ4v) is 4.25. The van der Waals surface area contributed by atoms with E-state index in [1.165, 1.54) is 70.6 Å². The van der Waals surface area contributed by atoms with Gasteiger partial charge in [-0.1, -0.05) is 98.3 Å². The maximum absolute atomic E-state index is 11.7. The fourth-order valence-electron chi connectivity index (χ4n) is 4.25. The van der Waals surface area contributed by atoms with Crippen molar-refractivity contribution in [2.75, 3.05) is 52.9 Å². The predicted octanol–water partition coefficient (Wildman–Crippen LogP) is 7.74. The highest BCUT2D eigenvalue weighted by Gasteiger charge is 2.06. The van der Waals surface area contributed by atoms with E-state index in [1.54, 1.807) is 0 Å². The summed E-state index contributed by atoms with van der Waals surface area (Å²) in [7, 11) is 0. The summed E-state index contributed by atoms with van der Waals surface area (Å²) in [4.78, 5) is 23.2. The molecule has 0 fully saturated rings. The topological polar surface area (TPSA) is 71.1 Å². The highest BCUT2D eigenvalue weighted by Crippen LogP contribution is 2.14. The second kappa shape index (κ2) is 29.2. The summed E-state index contributed by atoms with van der Waals surface area (Å²) in [5.41, 5.74) is 0. The van der Waals surface area contributed by atoms with Gasteiger partial charge in [-0.2, -0.15) is 0 Å². The van der Waals surface area contributed by atoms with Crippen LogP contribution in [0.4, 0.5) is 0 Å². The predicted molar refractivity (Wildman–Crippen MR) is 157 cm³/mol. The van der Waals surface area contributed by atoms with Crippen LogP contribution in [0.2, 0.25) is 0 Å². The van der Waals surface area contributed by atoms with Crippen LogP contribution in [0.5, 0.6) is 0 Å². The van der Waals surface area contributed by atoms with Gasteiger partial charge >= 0.3 is 0 Å². The average Bonchev–Trinajstić information content (AvgIpc) is 2.87. The summed E-state index contributed by atoms with van der Waals surface area (Å²) in [5.74, 6) is 1.27. The number of carbonyl (C=O) groups excluding carboxylic acids is 2. The molecule has 0 aromatic rings. The minimum atomic E-state index is 0.0812. The molecule has 0 N–H and O–H groups in total. The van der Waals surface area contributed by atoms with E-state index in [-0.39, 0.29) is 11.7 Å². The summed E-state index contributed by atoms with van der Waals surface area (Å²) in [6.07, 6.45) is 18.8. The van der Waals surface area contributed by atoms with Crippen molar-refractivity contribution in [3.05, 3.63) is 0 Å². The average molecular weight is 543 g/mol. The minimum absolute atomic E-state index is 0.0812. The van der Waals surface area contributed by atoms with E-state index in [0.29, 0.717) is 64.4 Å². The first-order valence-corrected chi connectivity index (χ1v) is 15.8. The number of hydrogen-bond acceptors (Lipinski definition) is 6. The number of rotatable bonds is 31. The largest absolute Gasteiger partial charge is 0.379 e. The second-order valence-electron chi connectivity index (χ2n) is 11.3. The molecule has 0 spiro atoms. The van der Waals surface area contributed by atoms with Gasteiger partial charge in [-0.05, 0) is 18.8 Å². The van der Waals surface area contributed by atoms with Crippen LogP contribution in [0.25, 0.3) is 0 Å². The fraction of sp³-hybridized carbons (Fsp3) is 0.938. The van der Waals surface area contributed by atoms with Crippen molar-refractivity contribution in [3.63, 3.8) is 0 Å². The van der Waals surface area contributed by atoms with Crippen molar-refractivity contribution in [1.82, 2.24) is 0 Å². The van der Waals surface area contributed by atoms with Crippen LogP contribution < -0.4 is 0 Å². The second-order valence-corrected chi connectivity index (χ2v) is 11.3. The number of carbonyl (C=O) groups is 2. The van der Waals surface area contributed by atoms with Gasteiger partial charge in [-0.15, -0.1) is 0 Å². The molecule has 38 heavy (non-hydrogen) atoms. The molecule has 0 radical (unpaired) electrons. The van der Waals surface area contributed by atoms with Crippen molar-refractivity contribution in [3.8, 4) is 0 Å². The molecule has 0 aliphatic carbocycles. The molecule has 0 aromatic carbocycles. The molecule has 6 heteroatoms. The molecule has 0 aliphatic heterocycles. The van der Waals surface area contributed by atoms with Crippen molar-refractivity contribution in [1.29, 1.82) is 0 Å². The van der Waals surface area contributed by atoms with Gasteiger partial charge in [-0.25, -0.2) is 0 Å². The first-order chi connectivity index (χ1) is 18.4. The smallest absolute Gasteiger partial charge is 0.137 e. The standard InChI is InChI=1S/C32H62O6/c1-29(2)28-31(33)18-16-14-12-10-8-6-5-7-9-11-13-15-17-20-35-22-24-37-26-27-38-25-23-36-21-19-32(34)30(3)4/h29-30H,5-28H2,1-4H3. The van der Waals surface area contributed by atoms with E-state index in [1.807, 2.05) is 13.8 Å². The lowest BCUT2D eigenvalue weighted by Crippen LogP contribution is -2.14. The van der Waals surface area contributed by atoms with Crippen LogP contribution >= 0.6 is 0 Å². The maximum atomic E-state index is 11.7. The third-order valence-electron chi connectivity index (χ3n) is 6.63. The van der Waals surface area contributed by atoms with E-state index in [0.717, 1.165) is 32.3 Å². The van der Waals surface area contributed by atoms with Crippen LogP contribution in [0.3, 0.4) is 0 Å². The van der Waals surface area contributed by atoms with Crippen LogP contribution in [0, 0.1) is 11.8 Å². The number of hydrogen-bond donors (Lipinski definition) is 0. The van der Waals surface area contributed by atoms with E-state index >= 15 is 0 Å². The summed E-state index contributed by atoms with van der Waals surface area (Å²) >= 11 is 0. The van der Waals surface area contributed by atoms with Crippen molar-refractivity contribution >= 4 is 11.6 Å². The van der Waals surface area contributed by atoms with Gasteiger partial charge in [0.15, 0.2) is 0 Å². The zero-order chi connectivity index (χ0) is 28.1. The molecular formula is C32H62O6. The quantitative estimate of drug-likeness (QED) is 0.0834. The zero-order valence-corrected chi connectivity index (χ0v) is 25.6. The molecule has 0 atom stereocenters. The molecule has 0 heterocycles. The van der Waals surface area contributed by atoms with Gasteiger partial charge < -0.3 is 18.9 Å². The third kappa shape index (κ3) is 29.7. The first kappa shape index (κ1) is 37.2. The molecule has 0 rings (SSSR count). The summed E-state index contributed by atoms with van der Waals surface area (Å²) < 4.78 is 22.0.